The third-order valence-corrected chi connectivity index (χ3v) is 2.84. The van der Waals surface area contributed by atoms with Gasteiger partial charge in [-0.1, -0.05) is 0 Å². The molecule has 0 spiro atoms. The first-order valence-electron chi connectivity index (χ1n) is 5.37. The van der Waals surface area contributed by atoms with Gasteiger partial charge in [-0.2, -0.15) is 5.26 Å². The van der Waals surface area contributed by atoms with Crippen molar-refractivity contribution < 1.29 is 14.3 Å². The number of esters is 1. The SMILES string of the molecule is CC(=O)OC=C(C#N)N1CC2CCC(C1)O2. The molecule has 2 saturated heterocycles. The van der Waals surface area contributed by atoms with E-state index in [0.29, 0.717) is 18.8 Å². The second-order valence-electron chi connectivity index (χ2n) is 4.09. The number of nitrogens with zero attached hydrogens (tertiary/aromatic N) is 2. The van der Waals surface area contributed by atoms with Crippen LogP contribution in [0, 0.1) is 11.3 Å². The van der Waals surface area contributed by atoms with Crippen molar-refractivity contribution >= 4 is 5.97 Å². The fraction of sp³-hybridized carbons (Fsp3) is 0.636. The molecule has 5 heteroatoms. The molecular weight excluding hydrogens is 208 g/mol. The van der Waals surface area contributed by atoms with E-state index in [1.165, 1.54) is 13.2 Å². The molecule has 0 amide bonds. The van der Waals surface area contributed by atoms with Crippen molar-refractivity contribution in [3.63, 3.8) is 0 Å². The van der Waals surface area contributed by atoms with Crippen LogP contribution in [0.4, 0.5) is 0 Å². The Kier molecular flexibility index (Phi) is 3.11. The fourth-order valence-corrected chi connectivity index (χ4v) is 2.12. The second-order valence-corrected chi connectivity index (χ2v) is 4.09. The summed E-state index contributed by atoms with van der Waals surface area (Å²) in [5.41, 5.74) is 0.399. The van der Waals surface area contributed by atoms with E-state index in [-0.39, 0.29) is 12.2 Å². The van der Waals surface area contributed by atoms with E-state index in [0.717, 1.165) is 12.8 Å². The number of fused-ring (bicyclic) bond motifs is 2. The number of carbonyl (C=O) groups is 1. The van der Waals surface area contributed by atoms with Gasteiger partial charge in [0.25, 0.3) is 0 Å². The normalized spacial score (nSPS) is 28.8. The highest BCUT2D eigenvalue weighted by atomic mass is 16.5. The molecule has 0 aromatic rings. The Morgan fingerprint density at radius 1 is 1.50 bits per heavy atom. The van der Waals surface area contributed by atoms with Crippen LogP contribution in [0.1, 0.15) is 19.8 Å². The molecular formula is C11H14N2O3. The second kappa shape index (κ2) is 4.54. The number of hydrogen-bond acceptors (Lipinski definition) is 5. The molecule has 0 aromatic carbocycles. The van der Waals surface area contributed by atoms with Crippen LogP contribution in [0.2, 0.25) is 0 Å². The molecule has 86 valence electrons. The summed E-state index contributed by atoms with van der Waals surface area (Å²) < 4.78 is 10.4. The molecule has 0 aromatic heterocycles. The first kappa shape index (κ1) is 11.0. The number of ether oxygens (including phenoxy) is 2. The van der Waals surface area contributed by atoms with Gasteiger partial charge >= 0.3 is 5.97 Å². The van der Waals surface area contributed by atoms with Crippen LogP contribution in [0.5, 0.6) is 0 Å². The topological polar surface area (TPSA) is 62.6 Å². The molecule has 0 saturated carbocycles. The lowest BCUT2D eigenvalue weighted by Gasteiger charge is -2.32. The Morgan fingerprint density at radius 3 is 2.62 bits per heavy atom. The Balaban J connectivity index is 2.02. The third-order valence-electron chi connectivity index (χ3n) is 2.84. The van der Waals surface area contributed by atoms with E-state index in [4.69, 9.17) is 14.7 Å². The van der Waals surface area contributed by atoms with Crippen molar-refractivity contribution in [2.45, 2.75) is 32.0 Å². The van der Waals surface area contributed by atoms with E-state index in [2.05, 4.69) is 6.07 Å². The van der Waals surface area contributed by atoms with Crippen LogP contribution in [-0.4, -0.2) is 36.2 Å². The van der Waals surface area contributed by atoms with Crippen molar-refractivity contribution in [2.24, 2.45) is 0 Å². The summed E-state index contributed by atoms with van der Waals surface area (Å²) >= 11 is 0. The lowest BCUT2D eigenvalue weighted by Crippen LogP contribution is -2.41. The van der Waals surface area contributed by atoms with Gasteiger partial charge in [0, 0.05) is 20.0 Å². The quantitative estimate of drug-likeness (QED) is 0.392. The molecule has 16 heavy (non-hydrogen) atoms. The molecule has 2 heterocycles. The average molecular weight is 222 g/mol. The van der Waals surface area contributed by atoms with Crippen LogP contribution in [-0.2, 0) is 14.3 Å². The molecule has 0 radical (unpaired) electrons. The van der Waals surface area contributed by atoms with Crippen LogP contribution in [0.25, 0.3) is 0 Å². The molecule has 2 bridgehead atoms. The van der Waals surface area contributed by atoms with E-state index >= 15 is 0 Å². The van der Waals surface area contributed by atoms with Crippen molar-refractivity contribution in [1.82, 2.24) is 4.90 Å². The Bertz CT molecular complexity index is 347. The van der Waals surface area contributed by atoms with Gasteiger partial charge in [0.2, 0.25) is 0 Å². The molecule has 2 rings (SSSR count). The molecule has 5 nitrogen and oxygen atoms in total. The summed E-state index contributed by atoms with van der Waals surface area (Å²) in [7, 11) is 0. The van der Waals surface area contributed by atoms with Gasteiger partial charge in [-0.15, -0.1) is 0 Å². The van der Waals surface area contributed by atoms with Crippen molar-refractivity contribution in [3.05, 3.63) is 12.0 Å². The summed E-state index contributed by atoms with van der Waals surface area (Å²) in [5, 5.41) is 8.99. The van der Waals surface area contributed by atoms with Crippen molar-refractivity contribution in [1.29, 1.82) is 5.26 Å². The average Bonchev–Trinajstić information content (AvgIpc) is 2.58. The first-order chi connectivity index (χ1) is 7.69. The minimum absolute atomic E-state index is 0.216. The maximum Gasteiger partial charge on any atom is 0.307 e. The van der Waals surface area contributed by atoms with Crippen LogP contribution in [0.3, 0.4) is 0 Å². The molecule has 2 aliphatic heterocycles. The van der Waals surface area contributed by atoms with Gasteiger partial charge in [0.05, 0.1) is 12.2 Å². The molecule has 2 fully saturated rings. The van der Waals surface area contributed by atoms with Gasteiger partial charge in [-0.25, -0.2) is 0 Å². The summed E-state index contributed by atoms with van der Waals surface area (Å²) in [4.78, 5) is 12.6. The highest BCUT2D eigenvalue weighted by Gasteiger charge is 2.34. The minimum Gasteiger partial charge on any atom is -0.432 e. The van der Waals surface area contributed by atoms with Crippen molar-refractivity contribution in [3.8, 4) is 6.07 Å². The smallest absolute Gasteiger partial charge is 0.307 e. The van der Waals surface area contributed by atoms with Gasteiger partial charge in [0.15, 0.2) is 5.70 Å². The standard InChI is InChI=1S/C11H14N2O3/c1-8(14)15-7-9(4-12)13-5-10-2-3-11(6-13)16-10/h7,10-11H,2-3,5-6H2,1H3. The highest BCUT2D eigenvalue weighted by Crippen LogP contribution is 2.28. The van der Waals surface area contributed by atoms with Crippen LogP contribution < -0.4 is 0 Å². The number of hydrogen-bond donors (Lipinski definition) is 0. The highest BCUT2D eigenvalue weighted by molar-refractivity contribution is 5.66. The summed E-state index contributed by atoms with van der Waals surface area (Å²) in [6.07, 6.45) is 3.76. The molecule has 2 aliphatic rings. The van der Waals surface area contributed by atoms with E-state index in [9.17, 15) is 4.79 Å². The van der Waals surface area contributed by atoms with E-state index < -0.39 is 5.97 Å². The minimum atomic E-state index is -0.413. The summed E-state index contributed by atoms with van der Waals surface area (Å²) in [5.74, 6) is -0.413. The number of allylic oxidation sites excluding steroid dienone is 1. The summed E-state index contributed by atoms with van der Waals surface area (Å²) in [6.45, 7) is 2.73. The fourth-order valence-electron chi connectivity index (χ4n) is 2.12. The summed E-state index contributed by atoms with van der Waals surface area (Å²) in [6, 6.07) is 2.05. The van der Waals surface area contributed by atoms with Gasteiger partial charge in [-0.3, -0.25) is 4.79 Å². The zero-order chi connectivity index (χ0) is 11.5. The van der Waals surface area contributed by atoms with E-state index in [1.54, 1.807) is 0 Å². The van der Waals surface area contributed by atoms with Crippen molar-refractivity contribution in [2.75, 3.05) is 13.1 Å². The predicted molar refractivity (Wildman–Crippen MR) is 54.9 cm³/mol. The molecule has 2 unspecified atom stereocenters. The maximum atomic E-state index is 10.7. The van der Waals surface area contributed by atoms with Gasteiger partial charge in [-0.05, 0) is 12.8 Å². The zero-order valence-electron chi connectivity index (χ0n) is 9.18. The monoisotopic (exact) mass is 222 g/mol. The number of carbonyl (C=O) groups excluding carboxylic acids is 1. The number of rotatable bonds is 2. The number of morpholine rings is 1. The maximum absolute atomic E-state index is 10.7. The third kappa shape index (κ3) is 2.34. The van der Waals surface area contributed by atoms with E-state index in [1.807, 2.05) is 4.90 Å². The molecule has 0 aliphatic carbocycles. The Morgan fingerprint density at radius 2 is 2.12 bits per heavy atom. The lowest BCUT2D eigenvalue weighted by molar-refractivity contribution is -0.135. The van der Waals surface area contributed by atoms with Crippen LogP contribution in [0.15, 0.2) is 12.0 Å². The Hall–Kier alpha value is -1.54. The molecule has 2 atom stereocenters. The number of likely N-dealkylation sites (tertiary alicyclic amines) is 1. The largest absolute Gasteiger partial charge is 0.432 e. The van der Waals surface area contributed by atoms with Gasteiger partial charge < -0.3 is 14.4 Å². The zero-order valence-corrected chi connectivity index (χ0v) is 9.18. The Labute approximate surface area is 94.2 Å². The lowest BCUT2D eigenvalue weighted by atomic mass is 10.2. The molecule has 0 N–H and O–H groups in total. The number of nitriles is 1. The van der Waals surface area contributed by atoms with Crippen LogP contribution >= 0.6 is 0 Å². The predicted octanol–water partition coefficient (Wildman–Crippen LogP) is 0.778. The van der Waals surface area contributed by atoms with Gasteiger partial charge in [0.1, 0.15) is 12.3 Å². The first-order valence-corrected chi connectivity index (χ1v) is 5.37.